The summed E-state index contributed by atoms with van der Waals surface area (Å²) in [4.78, 5) is 44.4. The minimum atomic E-state index is -0.171. The fourth-order valence-corrected chi connectivity index (χ4v) is 14.6. The maximum Gasteiger partial charge on any atom is 0.410 e. The molecule has 4 aliphatic rings. The van der Waals surface area contributed by atoms with Gasteiger partial charge in [-0.1, -0.05) is 109 Å². The third kappa shape index (κ3) is 8.84. The van der Waals surface area contributed by atoms with Crippen LogP contribution >= 0.6 is 0 Å². The first-order valence-electron chi connectivity index (χ1n) is 26.6. The van der Waals surface area contributed by atoms with E-state index in [2.05, 4.69) is 63.3 Å². The number of amides is 1. The van der Waals surface area contributed by atoms with Gasteiger partial charge in [0.25, 0.3) is 0 Å². The first kappa shape index (κ1) is 47.4. The van der Waals surface area contributed by atoms with Crippen LogP contribution in [0.25, 0.3) is 43.6 Å². The molecule has 9 rings (SSSR count). The van der Waals surface area contributed by atoms with Crippen LogP contribution in [0.3, 0.4) is 0 Å². The van der Waals surface area contributed by atoms with Crippen molar-refractivity contribution in [2.24, 2.45) is 46.3 Å². The highest BCUT2D eigenvalue weighted by molar-refractivity contribution is 6.03. The monoisotopic (exact) mass is 906 g/mol. The van der Waals surface area contributed by atoms with E-state index < -0.39 is 0 Å². The summed E-state index contributed by atoms with van der Waals surface area (Å²) in [5.41, 5.74) is 5.47. The molecule has 0 N–H and O–H groups in total. The second kappa shape index (κ2) is 19.8. The molecular weight excluding hydrogens is 827 g/mol. The van der Waals surface area contributed by atoms with E-state index in [9.17, 15) is 14.4 Å². The fourth-order valence-electron chi connectivity index (χ4n) is 14.6. The summed E-state index contributed by atoms with van der Waals surface area (Å²) < 4.78 is 10.9. The Bertz CT molecular complexity index is 2780. The zero-order valence-electron chi connectivity index (χ0n) is 41.8. The summed E-state index contributed by atoms with van der Waals surface area (Å²) in [5.74, 6) is 4.87. The zero-order valence-corrected chi connectivity index (χ0v) is 41.8. The largest absolute Gasteiger partial charge is 0.446 e. The van der Waals surface area contributed by atoms with Crippen molar-refractivity contribution in [3.63, 3.8) is 0 Å². The average Bonchev–Trinajstić information content (AvgIpc) is 3.69. The Hall–Kier alpha value is -4.65. The van der Waals surface area contributed by atoms with Crippen molar-refractivity contribution in [1.82, 2.24) is 14.0 Å². The van der Waals surface area contributed by atoms with Gasteiger partial charge in [-0.05, 0) is 153 Å². The van der Waals surface area contributed by atoms with Crippen LogP contribution in [0.15, 0.2) is 94.6 Å². The molecule has 0 spiro atoms. The minimum absolute atomic E-state index is 0.0253. The van der Waals surface area contributed by atoms with E-state index >= 15 is 0 Å². The van der Waals surface area contributed by atoms with Crippen molar-refractivity contribution in [1.29, 1.82) is 0 Å². The van der Waals surface area contributed by atoms with Crippen LogP contribution in [0.5, 0.6) is 0 Å². The fraction of sp³-hybridized carbons (Fsp3) is 0.583. The molecule has 358 valence electrons. The number of para-hydroxylation sites is 2. The van der Waals surface area contributed by atoms with E-state index in [1.165, 1.54) is 51.4 Å². The highest BCUT2D eigenvalue weighted by Gasteiger charge is 2.59. The lowest BCUT2D eigenvalue weighted by Crippen LogP contribution is -2.51. The van der Waals surface area contributed by atoms with Gasteiger partial charge < -0.3 is 18.8 Å². The van der Waals surface area contributed by atoms with Gasteiger partial charge in [0, 0.05) is 54.1 Å². The number of ether oxygens (including phenoxy) is 1. The standard InChI is InChI=1S/C60H79N3O4/c1-8-10-33-61(58(66)67-43-29-31-59(6)42(37-43)25-26-44-50-28-27-49(41(5)20-18-19-40(3)4)60(50,7)32-30-51(44)59)34-16-17-36-63-53-24-15-13-22-46(53)57(65)48-38-54-47(39-55(48)63)56(64)45-21-12-14-23-52(45)62(54)35-11-9-2/h9,12-15,21-25,38-41,43-44,49-51H,2,8,10-11,16-20,26-37H2,1,3-7H3/t41-,43?,44+,49-,50+,51+,59+,60-/m1/s1. The van der Waals surface area contributed by atoms with Gasteiger partial charge in [-0.3, -0.25) is 9.59 Å². The number of allylic oxidation sites excluding steroid dienone is 2. The molecule has 2 aromatic heterocycles. The number of pyridine rings is 2. The molecule has 0 saturated heterocycles. The Morgan fingerprint density at radius 1 is 0.776 bits per heavy atom. The van der Waals surface area contributed by atoms with Gasteiger partial charge in [-0.2, -0.15) is 0 Å². The van der Waals surface area contributed by atoms with E-state index in [1.54, 1.807) is 5.57 Å². The van der Waals surface area contributed by atoms with Gasteiger partial charge in [0.05, 0.1) is 22.1 Å². The molecule has 0 radical (unpaired) electrons. The second-order valence-corrected chi connectivity index (χ2v) is 22.5. The molecule has 0 bridgehead atoms. The topological polar surface area (TPSA) is 73.5 Å². The van der Waals surface area contributed by atoms with E-state index in [1.807, 2.05) is 71.6 Å². The van der Waals surface area contributed by atoms with Crippen LogP contribution in [0.4, 0.5) is 4.79 Å². The molecule has 8 atom stereocenters. The molecule has 5 aromatic rings. The molecule has 7 nitrogen and oxygen atoms in total. The molecule has 7 heteroatoms. The number of aryl methyl sites for hydroxylation is 2. The Labute approximate surface area is 400 Å². The molecule has 1 amide bonds. The van der Waals surface area contributed by atoms with Crippen LogP contribution in [-0.4, -0.2) is 39.3 Å². The third-order valence-electron chi connectivity index (χ3n) is 18.2. The molecule has 3 fully saturated rings. The van der Waals surface area contributed by atoms with Crippen molar-refractivity contribution in [3.05, 3.63) is 105 Å². The van der Waals surface area contributed by atoms with Crippen molar-refractivity contribution in [2.45, 2.75) is 163 Å². The molecule has 1 unspecified atom stereocenters. The number of carbonyl (C=O) groups is 1. The molecular formula is C60H79N3O4. The van der Waals surface area contributed by atoms with Gasteiger partial charge in [-0.15, -0.1) is 6.58 Å². The number of hydrogen-bond acceptors (Lipinski definition) is 4. The molecule has 3 saturated carbocycles. The lowest BCUT2D eigenvalue weighted by atomic mass is 9.47. The first-order chi connectivity index (χ1) is 32.4. The van der Waals surface area contributed by atoms with Crippen molar-refractivity contribution in [3.8, 4) is 0 Å². The van der Waals surface area contributed by atoms with Crippen LogP contribution in [0.2, 0.25) is 0 Å². The summed E-state index contributed by atoms with van der Waals surface area (Å²) in [5, 5.41) is 2.56. The predicted octanol–water partition coefficient (Wildman–Crippen LogP) is 14.6. The number of unbranched alkanes of at least 4 members (excludes halogenated alkanes) is 2. The lowest BCUT2D eigenvalue weighted by molar-refractivity contribution is -0.0593. The average molecular weight is 906 g/mol. The Kier molecular flexibility index (Phi) is 14.0. The van der Waals surface area contributed by atoms with Gasteiger partial charge in [0.15, 0.2) is 10.9 Å². The highest BCUT2D eigenvalue weighted by atomic mass is 16.6. The normalized spacial score (nSPS) is 26.4. The number of hydrogen-bond donors (Lipinski definition) is 0. The maximum absolute atomic E-state index is 14.2. The first-order valence-corrected chi connectivity index (χ1v) is 26.6. The molecule has 2 heterocycles. The SMILES string of the molecule is C=CCCn1c2ccccc2c(=O)c2cc3c(cc21)c(=O)c1ccccc1n3CCCCN(CCCC)C(=O)OC1CC[C@@]2(C)C(=CC[C@H]3[C@@H]4CC[C@H]([C@H](C)CCCC(C)C)[C@@]4(C)CC[C@@H]32)C1. The van der Waals surface area contributed by atoms with Crippen molar-refractivity contribution >= 4 is 49.7 Å². The summed E-state index contributed by atoms with van der Waals surface area (Å²) >= 11 is 0. The van der Waals surface area contributed by atoms with Gasteiger partial charge in [0.2, 0.25) is 0 Å². The van der Waals surface area contributed by atoms with Gasteiger partial charge in [0.1, 0.15) is 6.10 Å². The third-order valence-corrected chi connectivity index (χ3v) is 18.2. The lowest BCUT2D eigenvalue weighted by Gasteiger charge is -2.58. The summed E-state index contributed by atoms with van der Waals surface area (Å²) in [6.45, 7) is 21.3. The zero-order chi connectivity index (χ0) is 47.0. The van der Waals surface area contributed by atoms with E-state index in [4.69, 9.17) is 4.74 Å². The number of benzene rings is 3. The predicted molar refractivity (Wildman–Crippen MR) is 279 cm³/mol. The Morgan fingerprint density at radius 2 is 1.43 bits per heavy atom. The molecule has 4 aliphatic carbocycles. The molecule has 3 aromatic carbocycles. The summed E-state index contributed by atoms with van der Waals surface area (Å²) in [6, 6.07) is 19.5. The minimum Gasteiger partial charge on any atom is -0.446 e. The van der Waals surface area contributed by atoms with Gasteiger partial charge >= 0.3 is 6.09 Å². The van der Waals surface area contributed by atoms with E-state index in [-0.39, 0.29) is 28.5 Å². The van der Waals surface area contributed by atoms with Crippen LogP contribution in [0.1, 0.15) is 144 Å². The second-order valence-electron chi connectivity index (χ2n) is 22.5. The summed E-state index contributed by atoms with van der Waals surface area (Å²) in [7, 11) is 0. The maximum atomic E-state index is 14.2. The van der Waals surface area contributed by atoms with Crippen molar-refractivity contribution < 1.29 is 9.53 Å². The van der Waals surface area contributed by atoms with E-state index in [0.717, 1.165) is 109 Å². The van der Waals surface area contributed by atoms with Crippen LogP contribution in [0, 0.1) is 46.3 Å². The Morgan fingerprint density at radius 3 is 2.09 bits per heavy atom. The van der Waals surface area contributed by atoms with E-state index in [0.29, 0.717) is 53.1 Å². The number of fused-ring (bicyclic) bond motifs is 9. The van der Waals surface area contributed by atoms with Gasteiger partial charge in [-0.25, -0.2) is 4.79 Å². The quantitative estimate of drug-likeness (QED) is 0.0529. The van der Waals surface area contributed by atoms with Crippen LogP contribution < -0.4 is 10.9 Å². The number of nitrogens with zero attached hydrogens (tertiary/aromatic N) is 3. The van der Waals surface area contributed by atoms with Crippen molar-refractivity contribution in [2.75, 3.05) is 13.1 Å². The highest BCUT2D eigenvalue weighted by Crippen LogP contribution is 2.67. The number of carbonyl (C=O) groups excluding carboxylic acids is 1. The molecule has 67 heavy (non-hydrogen) atoms. The number of aromatic nitrogens is 2. The van der Waals surface area contributed by atoms with Crippen LogP contribution in [-0.2, 0) is 17.8 Å². The number of rotatable bonds is 17. The summed E-state index contributed by atoms with van der Waals surface area (Å²) in [6.07, 6.45) is 22.4. The molecule has 0 aliphatic heterocycles. The Balaban J connectivity index is 0.883. The smallest absolute Gasteiger partial charge is 0.410 e.